The first kappa shape index (κ1) is 18.2. The third kappa shape index (κ3) is 6.14. The van der Waals surface area contributed by atoms with Crippen LogP contribution in [0.5, 0.6) is 0 Å². The van der Waals surface area contributed by atoms with Crippen LogP contribution in [-0.4, -0.2) is 30.3 Å². The lowest BCUT2D eigenvalue weighted by Gasteiger charge is -2.16. The van der Waals surface area contributed by atoms with Crippen molar-refractivity contribution < 1.29 is 9.59 Å². The van der Waals surface area contributed by atoms with Crippen molar-refractivity contribution in [3.8, 4) is 0 Å². The maximum absolute atomic E-state index is 12.2. The lowest BCUT2D eigenvalue weighted by Crippen LogP contribution is -2.29. The summed E-state index contributed by atoms with van der Waals surface area (Å²) in [5.41, 5.74) is 2.45. The van der Waals surface area contributed by atoms with E-state index in [1.165, 1.54) is 6.92 Å². The molecule has 0 aliphatic heterocycles. The Morgan fingerprint density at radius 2 is 1.67 bits per heavy atom. The molecule has 0 aromatic heterocycles. The minimum absolute atomic E-state index is 0.102. The molecule has 0 spiro atoms. The number of nitrogens with one attached hydrogen (secondary N) is 2. The van der Waals surface area contributed by atoms with Gasteiger partial charge in [0.1, 0.15) is 0 Å². The van der Waals surface area contributed by atoms with Gasteiger partial charge in [-0.05, 0) is 42.9 Å². The molecule has 2 rings (SSSR count). The molecule has 0 unspecified atom stereocenters. The van der Waals surface area contributed by atoms with Crippen LogP contribution in [0.3, 0.4) is 0 Å². The Hall–Kier alpha value is -2.18. The van der Waals surface area contributed by atoms with E-state index in [-0.39, 0.29) is 18.4 Å². The van der Waals surface area contributed by atoms with Crippen molar-refractivity contribution in [1.29, 1.82) is 0 Å². The average molecular weight is 390 g/mol. The van der Waals surface area contributed by atoms with Crippen molar-refractivity contribution >= 4 is 39.1 Å². The van der Waals surface area contributed by atoms with E-state index in [0.717, 1.165) is 10.0 Å². The fourth-order valence-corrected chi connectivity index (χ4v) is 2.55. The second-order valence-electron chi connectivity index (χ2n) is 5.61. The molecule has 2 N–H and O–H groups in total. The number of halogens is 1. The minimum Gasteiger partial charge on any atom is -0.326 e. The van der Waals surface area contributed by atoms with Gasteiger partial charge < -0.3 is 10.6 Å². The second kappa shape index (κ2) is 8.61. The number of likely N-dealkylation sites (N-methyl/N-ethyl adjacent to an activating group) is 1. The van der Waals surface area contributed by atoms with E-state index in [4.69, 9.17) is 0 Å². The number of nitrogens with zero attached hydrogens (tertiary/aromatic N) is 1. The summed E-state index contributed by atoms with van der Waals surface area (Å²) in [6, 6.07) is 15.1. The van der Waals surface area contributed by atoms with E-state index in [0.29, 0.717) is 17.9 Å². The molecular formula is C18H20BrN3O2. The maximum atomic E-state index is 12.2. The van der Waals surface area contributed by atoms with Crippen molar-refractivity contribution in [3.63, 3.8) is 0 Å². The summed E-state index contributed by atoms with van der Waals surface area (Å²) < 4.78 is 1.03. The van der Waals surface area contributed by atoms with Crippen LogP contribution >= 0.6 is 15.9 Å². The number of hydrogen-bond donors (Lipinski definition) is 2. The lowest BCUT2D eigenvalue weighted by atomic mass is 10.2. The van der Waals surface area contributed by atoms with Crippen LogP contribution in [0.15, 0.2) is 53.0 Å². The quantitative estimate of drug-likeness (QED) is 0.794. The first-order valence-electron chi connectivity index (χ1n) is 7.53. The van der Waals surface area contributed by atoms with Gasteiger partial charge in [-0.15, -0.1) is 0 Å². The van der Waals surface area contributed by atoms with Gasteiger partial charge in [-0.1, -0.05) is 34.1 Å². The van der Waals surface area contributed by atoms with Crippen LogP contribution in [-0.2, 0) is 16.1 Å². The van der Waals surface area contributed by atoms with Crippen molar-refractivity contribution in [2.45, 2.75) is 13.5 Å². The van der Waals surface area contributed by atoms with E-state index in [1.54, 1.807) is 24.3 Å². The molecule has 0 radical (unpaired) electrons. The molecule has 2 amide bonds. The highest BCUT2D eigenvalue weighted by atomic mass is 79.9. The number of carbonyl (C=O) groups excluding carboxylic acids is 2. The summed E-state index contributed by atoms with van der Waals surface area (Å²) in [6.07, 6.45) is 0. The van der Waals surface area contributed by atoms with Crippen LogP contribution in [0, 0.1) is 0 Å². The van der Waals surface area contributed by atoms with Crippen LogP contribution in [0.1, 0.15) is 12.5 Å². The Morgan fingerprint density at radius 1 is 1.04 bits per heavy atom. The molecule has 0 heterocycles. The van der Waals surface area contributed by atoms with Gasteiger partial charge in [0.25, 0.3) is 0 Å². The fourth-order valence-electron chi connectivity index (χ4n) is 2.28. The van der Waals surface area contributed by atoms with Crippen molar-refractivity contribution in [3.05, 3.63) is 58.6 Å². The van der Waals surface area contributed by atoms with E-state index < -0.39 is 0 Å². The van der Waals surface area contributed by atoms with Gasteiger partial charge in [0.15, 0.2) is 0 Å². The number of hydrogen-bond acceptors (Lipinski definition) is 3. The molecule has 0 aliphatic carbocycles. The Kier molecular flexibility index (Phi) is 6.52. The smallest absolute Gasteiger partial charge is 0.238 e. The number of carbonyl (C=O) groups is 2. The summed E-state index contributed by atoms with van der Waals surface area (Å²) in [5.74, 6) is -0.248. The molecule has 0 aliphatic rings. The molecule has 2 aromatic carbocycles. The second-order valence-corrected chi connectivity index (χ2v) is 6.52. The first-order valence-corrected chi connectivity index (χ1v) is 8.32. The Labute approximate surface area is 150 Å². The van der Waals surface area contributed by atoms with Crippen LogP contribution < -0.4 is 10.6 Å². The monoisotopic (exact) mass is 389 g/mol. The highest BCUT2D eigenvalue weighted by Gasteiger charge is 2.08. The van der Waals surface area contributed by atoms with Gasteiger partial charge in [0.05, 0.1) is 6.54 Å². The zero-order valence-electron chi connectivity index (χ0n) is 13.7. The zero-order chi connectivity index (χ0) is 17.5. The molecular weight excluding hydrogens is 370 g/mol. The molecule has 126 valence electrons. The molecule has 2 aromatic rings. The number of rotatable bonds is 6. The summed E-state index contributed by atoms with van der Waals surface area (Å²) >= 11 is 3.41. The Balaban J connectivity index is 1.88. The SMILES string of the molecule is CC(=O)Nc1cccc(NC(=O)CN(C)Cc2ccc(Br)cc2)c1. The maximum Gasteiger partial charge on any atom is 0.238 e. The van der Waals surface area contributed by atoms with Crippen LogP contribution in [0.2, 0.25) is 0 Å². The van der Waals surface area contributed by atoms with Gasteiger partial charge in [0.2, 0.25) is 11.8 Å². The van der Waals surface area contributed by atoms with Crippen LogP contribution in [0.4, 0.5) is 11.4 Å². The Bertz CT molecular complexity index is 716. The molecule has 0 atom stereocenters. The molecule has 0 bridgehead atoms. The third-order valence-corrected chi connectivity index (χ3v) is 3.77. The number of benzene rings is 2. The summed E-state index contributed by atoms with van der Waals surface area (Å²) in [6.45, 7) is 2.41. The van der Waals surface area contributed by atoms with Crippen molar-refractivity contribution in [1.82, 2.24) is 4.90 Å². The van der Waals surface area contributed by atoms with Gasteiger partial charge in [-0.2, -0.15) is 0 Å². The summed E-state index contributed by atoms with van der Waals surface area (Å²) in [7, 11) is 1.90. The largest absolute Gasteiger partial charge is 0.326 e. The summed E-state index contributed by atoms with van der Waals surface area (Å²) in [5, 5.41) is 5.53. The highest BCUT2D eigenvalue weighted by molar-refractivity contribution is 9.10. The number of anilines is 2. The highest BCUT2D eigenvalue weighted by Crippen LogP contribution is 2.15. The molecule has 24 heavy (non-hydrogen) atoms. The lowest BCUT2D eigenvalue weighted by molar-refractivity contribution is -0.117. The van der Waals surface area contributed by atoms with Gasteiger partial charge >= 0.3 is 0 Å². The third-order valence-electron chi connectivity index (χ3n) is 3.25. The molecule has 6 heteroatoms. The standard InChI is InChI=1S/C18H20BrN3O2/c1-13(23)20-16-4-3-5-17(10-16)21-18(24)12-22(2)11-14-6-8-15(19)9-7-14/h3-10H,11-12H2,1-2H3,(H,20,23)(H,21,24). The van der Waals surface area contributed by atoms with E-state index >= 15 is 0 Å². The topological polar surface area (TPSA) is 61.4 Å². The van der Waals surface area contributed by atoms with Gasteiger partial charge in [-0.25, -0.2) is 0 Å². The first-order chi connectivity index (χ1) is 11.4. The molecule has 5 nitrogen and oxygen atoms in total. The molecule has 0 saturated heterocycles. The van der Waals surface area contributed by atoms with Crippen molar-refractivity contribution in [2.75, 3.05) is 24.2 Å². The van der Waals surface area contributed by atoms with Gasteiger partial charge in [-0.3, -0.25) is 14.5 Å². The fraction of sp³-hybridized carbons (Fsp3) is 0.222. The van der Waals surface area contributed by atoms with E-state index in [9.17, 15) is 9.59 Å². The van der Waals surface area contributed by atoms with Crippen molar-refractivity contribution in [2.24, 2.45) is 0 Å². The van der Waals surface area contributed by atoms with Gasteiger partial charge in [0, 0.05) is 29.3 Å². The zero-order valence-corrected chi connectivity index (χ0v) is 15.3. The predicted octanol–water partition coefficient (Wildman–Crippen LogP) is 3.48. The molecule has 0 fully saturated rings. The normalized spacial score (nSPS) is 10.5. The Morgan fingerprint density at radius 3 is 2.29 bits per heavy atom. The number of amides is 2. The van der Waals surface area contributed by atoms with E-state index in [1.807, 2.05) is 36.2 Å². The molecule has 0 saturated carbocycles. The van der Waals surface area contributed by atoms with Crippen LogP contribution in [0.25, 0.3) is 0 Å². The van der Waals surface area contributed by atoms with E-state index in [2.05, 4.69) is 26.6 Å². The summed E-state index contributed by atoms with van der Waals surface area (Å²) in [4.78, 5) is 25.2. The minimum atomic E-state index is -0.146. The predicted molar refractivity (Wildman–Crippen MR) is 99.9 cm³/mol. The average Bonchev–Trinajstić information content (AvgIpc) is 2.49.